The monoisotopic (exact) mass is 389 g/mol. The van der Waals surface area contributed by atoms with E-state index in [4.69, 9.17) is 0 Å². The highest BCUT2D eigenvalue weighted by Crippen LogP contribution is 2.23. The molecule has 2 heterocycles. The molecule has 1 fully saturated rings. The van der Waals surface area contributed by atoms with Gasteiger partial charge in [-0.3, -0.25) is 9.69 Å². The largest absolute Gasteiger partial charge is 0.325 e. The lowest BCUT2D eigenvalue weighted by Crippen LogP contribution is -2.37. The Bertz CT molecular complexity index is 1040. The number of anilines is 2. The number of amides is 3. The van der Waals surface area contributed by atoms with E-state index in [0.29, 0.717) is 23.3 Å². The molecule has 0 spiro atoms. The highest BCUT2D eigenvalue weighted by atomic mass is 32.1. The standard InChI is InChI=1S/C17H13F2N5O2S/c18-11-5-4-10(8-12(11)19)24-7-6-23(17(24)26)9-15(25)20-13-2-1-3-14-16(13)22-27-21-14/h1-5,8H,6-7,9H2,(H,20,25). The summed E-state index contributed by atoms with van der Waals surface area (Å²) in [6.07, 6.45) is 0. The molecule has 1 aliphatic heterocycles. The second-order valence-corrected chi connectivity index (χ2v) is 6.47. The molecule has 0 aliphatic carbocycles. The summed E-state index contributed by atoms with van der Waals surface area (Å²) >= 11 is 1.05. The minimum absolute atomic E-state index is 0.160. The van der Waals surface area contributed by atoms with Crippen LogP contribution in [-0.2, 0) is 4.79 Å². The molecular formula is C17H13F2N5O2S. The summed E-state index contributed by atoms with van der Waals surface area (Å²) < 4.78 is 34.7. The van der Waals surface area contributed by atoms with Crippen LogP contribution in [0.1, 0.15) is 0 Å². The molecule has 27 heavy (non-hydrogen) atoms. The second kappa shape index (κ2) is 6.88. The summed E-state index contributed by atoms with van der Waals surface area (Å²) in [5, 5.41) is 2.73. The van der Waals surface area contributed by atoms with Crippen molar-refractivity contribution in [1.82, 2.24) is 13.6 Å². The van der Waals surface area contributed by atoms with Crippen molar-refractivity contribution in [2.45, 2.75) is 0 Å². The minimum atomic E-state index is -1.03. The lowest BCUT2D eigenvalue weighted by molar-refractivity contribution is -0.116. The van der Waals surface area contributed by atoms with Crippen molar-refractivity contribution >= 4 is 46.1 Å². The molecule has 1 aliphatic rings. The number of hydrogen-bond acceptors (Lipinski definition) is 5. The normalized spacial score (nSPS) is 14.2. The Labute approximate surface area is 156 Å². The summed E-state index contributed by atoms with van der Waals surface area (Å²) in [6, 6.07) is 8.08. The highest BCUT2D eigenvalue weighted by Gasteiger charge is 2.31. The molecule has 4 rings (SSSR count). The van der Waals surface area contributed by atoms with Gasteiger partial charge in [0.1, 0.15) is 17.6 Å². The van der Waals surface area contributed by atoms with Crippen LogP contribution in [0.25, 0.3) is 11.0 Å². The van der Waals surface area contributed by atoms with Crippen LogP contribution in [0.5, 0.6) is 0 Å². The van der Waals surface area contributed by atoms with Gasteiger partial charge in [0.2, 0.25) is 5.91 Å². The zero-order valence-corrected chi connectivity index (χ0v) is 14.7. The fraction of sp³-hybridized carbons (Fsp3) is 0.176. The van der Waals surface area contributed by atoms with E-state index in [0.717, 1.165) is 23.9 Å². The average Bonchev–Trinajstić information content (AvgIpc) is 3.26. The van der Waals surface area contributed by atoms with Crippen LogP contribution in [0.3, 0.4) is 0 Å². The van der Waals surface area contributed by atoms with Crippen LogP contribution < -0.4 is 10.2 Å². The van der Waals surface area contributed by atoms with Crippen LogP contribution in [0.2, 0.25) is 0 Å². The first-order valence-electron chi connectivity index (χ1n) is 8.05. The number of rotatable bonds is 4. The van der Waals surface area contributed by atoms with Gasteiger partial charge in [0.25, 0.3) is 0 Å². The van der Waals surface area contributed by atoms with Crippen molar-refractivity contribution < 1.29 is 18.4 Å². The maximum absolute atomic E-state index is 13.4. The first-order chi connectivity index (χ1) is 13.0. The molecule has 1 aromatic heterocycles. The van der Waals surface area contributed by atoms with Crippen LogP contribution in [0.15, 0.2) is 36.4 Å². The van der Waals surface area contributed by atoms with E-state index < -0.39 is 17.7 Å². The van der Waals surface area contributed by atoms with E-state index in [1.807, 2.05) is 0 Å². The lowest BCUT2D eigenvalue weighted by atomic mass is 10.2. The molecule has 1 saturated heterocycles. The SMILES string of the molecule is O=C(CN1CCN(c2ccc(F)c(F)c2)C1=O)Nc1cccc2nsnc12. The number of urea groups is 1. The Morgan fingerprint density at radius 3 is 2.81 bits per heavy atom. The average molecular weight is 389 g/mol. The zero-order valence-electron chi connectivity index (χ0n) is 13.9. The number of benzene rings is 2. The van der Waals surface area contributed by atoms with Crippen LogP contribution in [-0.4, -0.2) is 45.2 Å². The van der Waals surface area contributed by atoms with E-state index in [2.05, 4.69) is 14.1 Å². The van der Waals surface area contributed by atoms with Gasteiger partial charge in [-0.25, -0.2) is 13.6 Å². The molecule has 138 valence electrons. The molecule has 3 aromatic rings. The molecule has 0 unspecified atom stereocenters. The molecule has 2 aromatic carbocycles. The number of carbonyl (C=O) groups is 2. The first-order valence-corrected chi connectivity index (χ1v) is 8.78. The Kier molecular flexibility index (Phi) is 4.40. The fourth-order valence-corrected chi connectivity index (χ4v) is 3.44. The summed E-state index contributed by atoms with van der Waals surface area (Å²) in [5.74, 6) is -2.38. The van der Waals surface area contributed by atoms with E-state index in [1.54, 1.807) is 18.2 Å². The van der Waals surface area contributed by atoms with Gasteiger partial charge in [0, 0.05) is 24.8 Å². The number of nitrogens with zero attached hydrogens (tertiary/aromatic N) is 4. The summed E-state index contributed by atoms with van der Waals surface area (Å²) in [6.45, 7) is 0.420. The quantitative estimate of drug-likeness (QED) is 0.744. The molecule has 0 saturated carbocycles. The fourth-order valence-electron chi connectivity index (χ4n) is 2.89. The Balaban J connectivity index is 1.44. The van der Waals surface area contributed by atoms with E-state index in [1.165, 1.54) is 15.9 Å². The van der Waals surface area contributed by atoms with Gasteiger partial charge in [-0.05, 0) is 24.3 Å². The van der Waals surface area contributed by atoms with Crippen LogP contribution in [0.4, 0.5) is 25.0 Å². The van der Waals surface area contributed by atoms with Crippen molar-refractivity contribution in [2.24, 2.45) is 0 Å². The third-order valence-corrected chi connectivity index (χ3v) is 4.75. The Morgan fingerprint density at radius 2 is 2.00 bits per heavy atom. The summed E-state index contributed by atoms with van der Waals surface area (Å²) in [4.78, 5) is 27.5. The van der Waals surface area contributed by atoms with Gasteiger partial charge in [-0.1, -0.05) is 6.07 Å². The van der Waals surface area contributed by atoms with Gasteiger partial charge >= 0.3 is 6.03 Å². The molecule has 0 atom stereocenters. The Hall–Kier alpha value is -3.14. The van der Waals surface area contributed by atoms with E-state index >= 15 is 0 Å². The van der Waals surface area contributed by atoms with Gasteiger partial charge in [-0.2, -0.15) is 8.75 Å². The van der Waals surface area contributed by atoms with Crippen molar-refractivity contribution in [3.05, 3.63) is 48.0 Å². The van der Waals surface area contributed by atoms with Crippen molar-refractivity contribution in [2.75, 3.05) is 29.9 Å². The van der Waals surface area contributed by atoms with Crippen LogP contribution >= 0.6 is 11.7 Å². The lowest BCUT2D eigenvalue weighted by Gasteiger charge is -2.18. The van der Waals surface area contributed by atoms with Gasteiger partial charge in [0.05, 0.1) is 17.4 Å². The van der Waals surface area contributed by atoms with Crippen molar-refractivity contribution in [3.63, 3.8) is 0 Å². The number of hydrogen-bond donors (Lipinski definition) is 1. The number of aromatic nitrogens is 2. The maximum atomic E-state index is 13.4. The highest BCUT2D eigenvalue weighted by molar-refractivity contribution is 7.00. The Morgan fingerprint density at radius 1 is 1.15 bits per heavy atom. The minimum Gasteiger partial charge on any atom is -0.323 e. The number of nitrogens with one attached hydrogen (secondary N) is 1. The van der Waals surface area contributed by atoms with E-state index in [-0.39, 0.29) is 24.7 Å². The molecular weight excluding hydrogens is 376 g/mol. The van der Waals surface area contributed by atoms with Crippen LogP contribution in [0, 0.1) is 11.6 Å². The van der Waals surface area contributed by atoms with E-state index in [9.17, 15) is 18.4 Å². The predicted molar refractivity (Wildman–Crippen MR) is 96.7 cm³/mol. The third-order valence-electron chi connectivity index (χ3n) is 4.20. The smallest absolute Gasteiger partial charge is 0.323 e. The number of halogens is 2. The third kappa shape index (κ3) is 3.31. The summed E-state index contributed by atoms with van der Waals surface area (Å²) in [7, 11) is 0. The number of fused-ring (bicyclic) bond motifs is 1. The molecule has 10 heteroatoms. The number of carbonyl (C=O) groups excluding carboxylic acids is 2. The first kappa shape index (κ1) is 17.3. The predicted octanol–water partition coefficient (Wildman–Crippen LogP) is 2.85. The van der Waals surface area contributed by atoms with Gasteiger partial charge < -0.3 is 10.2 Å². The van der Waals surface area contributed by atoms with Crippen molar-refractivity contribution in [3.8, 4) is 0 Å². The summed E-state index contributed by atoms with van der Waals surface area (Å²) in [5.41, 5.74) is 2.04. The van der Waals surface area contributed by atoms with Crippen molar-refractivity contribution in [1.29, 1.82) is 0 Å². The molecule has 0 bridgehead atoms. The molecule has 7 nitrogen and oxygen atoms in total. The zero-order chi connectivity index (χ0) is 19.0. The topological polar surface area (TPSA) is 78.4 Å². The molecule has 0 radical (unpaired) electrons. The maximum Gasteiger partial charge on any atom is 0.325 e. The van der Waals surface area contributed by atoms with Gasteiger partial charge in [0.15, 0.2) is 11.6 Å². The van der Waals surface area contributed by atoms with Gasteiger partial charge in [-0.15, -0.1) is 0 Å². The molecule has 3 amide bonds. The molecule has 1 N–H and O–H groups in total. The second-order valence-electron chi connectivity index (χ2n) is 5.94.